The van der Waals surface area contributed by atoms with Crippen molar-refractivity contribution >= 4 is 39.6 Å². The first-order valence-electron chi connectivity index (χ1n) is 18.4. The number of rotatable bonds is 9. The molecule has 54 heavy (non-hydrogen) atoms. The van der Waals surface area contributed by atoms with Crippen LogP contribution in [-0.2, 0) is 28.2 Å². The SMILES string of the molecule is C[C@@H]1[C@@H](C(C)(C)F)[C@H](CCn2cc([C@H](O)c3ccccc3)nn2)O[C@@]12C(=O)N(Cc1ccc(N3C(=O)c4cccc5cccc3c45)cc1)c1ccccc12. The Morgan fingerprint density at radius 2 is 1.59 bits per heavy atom. The van der Waals surface area contributed by atoms with E-state index in [0.29, 0.717) is 29.8 Å². The summed E-state index contributed by atoms with van der Waals surface area (Å²) in [5, 5.41) is 21.3. The van der Waals surface area contributed by atoms with Gasteiger partial charge in [0.2, 0.25) is 0 Å². The number of aliphatic hydroxyl groups is 1. The van der Waals surface area contributed by atoms with Crippen LogP contribution in [0.4, 0.5) is 21.5 Å². The Morgan fingerprint density at radius 1 is 0.889 bits per heavy atom. The third-order valence-corrected chi connectivity index (χ3v) is 11.6. The van der Waals surface area contributed by atoms with Gasteiger partial charge < -0.3 is 14.7 Å². The number of aromatic nitrogens is 3. The number of carbonyl (C=O) groups excluding carboxylic acids is 2. The lowest BCUT2D eigenvalue weighted by Crippen LogP contribution is -2.45. The van der Waals surface area contributed by atoms with Gasteiger partial charge in [-0.1, -0.05) is 97.1 Å². The summed E-state index contributed by atoms with van der Waals surface area (Å²) in [6, 6.07) is 36.3. The predicted octanol–water partition coefficient (Wildman–Crippen LogP) is 8.04. The molecule has 0 bridgehead atoms. The minimum Gasteiger partial charge on any atom is -0.382 e. The number of nitrogens with zero attached hydrogens (tertiary/aromatic N) is 5. The van der Waals surface area contributed by atoms with Gasteiger partial charge in [0.05, 0.1) is 35.8 Å². The zero-order valence-corrected chi connectivity index (χ0v) is 30.3. The number of aliphatic hydroxyl groups excluding tert-OH is 1. The average molecular weight is 722 g/mol. The number of alkyl halides is 1. The van der Waals surface area contributed by atoms with Crippen molar-refractivity contribution in [2.24, 2.45) is 11.8 Å². The molecule has 2 amide bonds. The van der Waals surface area contributed by atoms with Crippen LogP contribution in [0.5, 0.6) is 0 Å². The number of amides is 2. The van der Waals surface area contributed by atoms with Crippen molar-refractivity contribution in [3.63, 3.8) is 0 Å². The van der Waals surface area contributed by atoms with Crippen molar-refractivity contribution in [2.45, 2.75) is 63.8 Å². The molecule has 1 aromatic heterocycles. The van der Waals surface area contributed by atoms with Crippen molar-refractivity contribution in [3.05, 3.63) is 149 Å². The molecular formula is C44H40FN5O4. The molecule has 10 heteroatoms. The Morgan fingerprint density at radius 3 is 2.35 bits per heavy atom. The third kappa shape index (κ3) is 5.27. The summed E-state index contributed by atoms with van der Waals surface area (Å²) in [6.07, 6.45) is 0.559. The minimum atomic E-state index is -1.65. The normalized spacial score (nSPS) is 22.5. The van der Waals surface area contributed by atoms with E-state index in [2.05, 4.69) is 10.3 Å². The van der Waals surface area contributed by atoms with Crippen LogP contribution in [0.2, 0.25) is 0 Å². The van der Waals surface area contributed by atoms with Gasteiger partial charge in [0.25, 0.3) is 11.8 Å². The van der Waals surface area contributed by atoms with E-state index in [1.54, 1.807) is 34.5 Å². The van der Waals surface area contributed by atoms with Gasteiger partial charge in [-0.3, -0.25) is 19.2 Å². The quantitative estimate of drug-likeness (QED) is 0.162. The molecular weight excluding hydrogens is 682 g/mol. The molecule has 9 nitrogen and oxygen atoms in total. The molecule has 0 saturated carbocycles. The van der Waals surface area contributed by atoms with Crippen molar-refractivity contribution in [1.29, 1.82) is 0 Å². The third-order valence-electron chi connectivity index (χ3n) is 11.6. The molecule has 0 radical (unpaired) electrons. The smallest absolute Gasteiger partial charge is 0.264 e. The second kappa shape index (κ2) is 12.7. The highest BCUT2D eigenvalue weighted by atomic mass is 19.1. The Labute approximate surface area is 312 Å². The summed E-state index contributed by atoms with van der Waals surface area (Å²) in [7, 11) is 0. The first kappa shape index (κ1) is 34.1. The van der Waals surface area contributed by atoms with E-state index in [-0.39, 0.29) is 18.4 Å². The van der Waals surface area contributed by atoms with Gasteiger partial charge in [-0.15, -0.1) is 5.10 Å². The zero-order valence-electron chi connectivity index (χ0n) is 30.3. The van der Waals surface area contributed by atoms with Gasteiger partial charge in [0.15, 0.2) is 5.60 Å². The standard InChI is InChI=1S/C44H40FN5O4/c1-27-39(43(2,3)45)37(23-24-48-26-34(46-47-48)40(51)30-11-5-4-6-12-30)54-44(27)33-16-7-8-17-35(33)49(42(44)53)25-28-19-21-31(22-20-28)50-36-18-10-14-29-13-9-15-32(38(29)36)41(50)52/h4-22,26-27,37,39-40,51H,23-25H2,1-3H3/t27-,37+,39-,40-,44+/m1/s1. The number of ether oxygens (including phenoxy) is 1. The van der Waals surface area contributed by atoms with Crippen LogP contribution in [-0.4, -0.2) is 43.7 Å². The van der Waals surface area contributed by atoms with Crippen LogP contribution < -0.4 is 9.80 Å². The number of hydrogen-bond acceptors (Lipinski definition) is 6. The van der Waals surface area contributed by atoms with Gasteiger partial charge in [0, 0.05) is 35.0 Å². The summed E-state index contributed by atoms with van der Waals surface area (Å²) in [6.45, 7) is 5.68. The van der Waals surface area contributed by atoms with Crippen LogP contribution in [0.1, 0.15) is 66.0 Å². The highest BCUT2D eigenvalue weighted by Crippen LogP contribution is 2.58. The molecule has 1 fully saturated rings. The maximum Gasteiger partial charge on any atom is 0.264 e. The molecule has 272 valence electrons. The lowest BCUT2D eigenvalue weighted by molar-refractivity contribution is -0.146. The van der Waals surface area contributed by atoms with E-state index >= 15 is 4.39 Å². The van der Waals surface area contributed by atoms with E-state index in [1.807, 2.05) is 122 Å². The molecule has 9 rings (SSSR count). The number of anilines is 3. The van der Waals surface area contributed by atoms with Gasteiger partial charge in [0.1, 0.15) is 17.5 Å². The molecule has 5 atom stereocenters. The predicted molar refractivity (Wildman–Crippen MR) is 204 cm³/mol. The van der Waals surface area contributed by atoms with Crippen LogP contribution >= 0.6 is 0 Å². The summed E-state index contributed by atoms with van der Waals surface area (Å²) in [5.74, 6) is -1.37. The fourth-order valence-electron chi connectivity index (χ4n) is 9.15. The monoisotopic (exact) mass is 721 g/mol. The molecule has 6 aromatic rings. The molecule has 1 saturated heterocycles. The van der Waals surface area contributed by atoms with Crippen LogP contribution in [0.3, 0.4) is 0 Å². The maximum atomic E-state index is 16.3. The van der Waals surface area contributed by atoms with Crippen LogP contribution in [0.25, 0.3) is 10.8 Å². The first-order valence-corrected chi connectivity index (χ1v) is 18.4. The Balaban J connectivity index is 0.970. The summed E-state index contributed by atoms with van der Waals surface area (Å²) < 4.78 is 24.8. The topological polar surface area (TPSA) is 101 Å². The Bertz CT molecular complexity index is 2400. The van der Waals surface area contributed by atoms with Crippen molar-refractivity contribution in [2.75, 3.05) is 9.80 Å². The molecule has 0 aliphatic carbocycles. The van der Waals surface area contributed by atoms with Crippen molar-refractivity contribution < 1.29 is 23.8 Å². The zero-order chi connectivity index (χ0) is 37.4. The second-order valence-corrected chi connectivity index (χ2v) is 15.2. The number of halogens is 1. The van der Waals surface area contributed by atoms with Gasteiger partial charge in [-0.2, -0.15) is 0 Å². The van der Waals surface area contributed by atoms with Crippen molar-refractivity contribution in [3.8, 4) is 0 Å². The highest BCUT2D eigenvalue weighted by Gasteiger charge is 2.66. The van der Waals surface area contributed by atoms with Crippen LogP contribution in [0, 0.1) is 11.8 Å². The number of benzene rings is 5. The lowest BCUT2D eigenvalue weighted by atomic mass is 9.71. The number of fused-ring (bicyclic) bond motifs is 2. The van der Waals surface area contributed by atoms with Gasteiger partial charge in [-0.25, -0.2) is 4.39 Å². The molecule has 1 spiro atoms. The fourth-order valence-corrected chi connectivity index (χ4v) is 9.15. The van der Waals surface area contributed by atoms with E-state index in [9.17, 15) is 14.7 Å². The Hall–Kier alpha value is -5.71. The summed E-state index contributed by atoms with van der Waals surface area (Å²) >= 11 is 0. The average Bonchev–Trinajstić information content (AvgIpc) is 3.91. The molecule has 5 aromatic carbocycles. The maximum absolute atomic E-state index is 16.3. The Kier molecular flexibility index (Phi) is 8.02. The molecule has 3 aliphatic heterocycles. The molecule has 0 unspecified atom stereocenters. The summed E-state index contributed by atoms with van der Waals surface area (Å²) in [5.41, 5.74) is 2.73. The highest BCUT2D eigenvalue weighted by molar-refractivity contribution is 6.27. The second-order valence-electron chi connectivity index (χ2n) is 15.2. The molecule has 3 aliphatic rings. The minimum absolute atomic E-state index is 0.0681. The summed E-state index contributed by atoms with van der Waals surface area (Å²) in [4.78, 5) is 31.9. The van der Waals surface area contributed by atoms with Crippen LogP contribution in [0.15, 0.2) is 121 Å². The molecule has 4 heterocycles. The van der Waals surface area contributed by atoms with E-state index < -0.39 is 35.3 Å². The number of para-hydroxylation sites is 1. The van der Waals surface area contributed by atoms with Gasteiger partial charge in [-0.05, 0) is 67.1 Å². The number of aryl methyl sites for hydroxylation is 1. The van der Waals surface area contributed by atoms with E-state index in [4.69, 9.17) is 4.74 Å². The van der Waals surface area contributed by atoms with E-state index in [1.165, 1.54) is 0 Å². The largest absolute Gasteiger partial charge is 0.382 e. The first-order chi connectivity index (χ1) is 26.1. The number of carbonyl (C=O) groups is 2. The fraction of sp³-hybridized carbons (Fsp3) is 0.273. The lowest BCUT2D eigenvalue weighted by Gasteiger charge is -2.32. The molecule has 1 N–H and O–H groups in total. The van der Waals surface area contributed by atoms with Gasteiger partial charge >= 0.3 is 0 Å². The van der Waals surface area contributed by atoms with Crippen molar-refractivity contribution in [1.82, 2.24) is 15.0 Å². The number of hydrogen-bond donors (Lipinski definition) is 1. The van der Waals surface area contributed by atoms with E-state index in [0.717, 1.165) is 39.0 Å².